The second-order valence-corrected chi connectivity index (χ2v) is 8.15. The summed E-state index contributed by atoms with van der Waals surface area (Å²) in [5.41, 5.74) is 13.0. The Morgan fingerprint density at radius 3 is 2.65 bits per heavy atom. The highest BCUT2D eigenvalue weighted by Gasteiger charge is 2.18. The van der Waals surface area contributed by atoms with E-state index in [0.717, 1.165) is 38.4 Å². The summed E-state index contributed by atoms with van der Waals surface area (Å²) in [4.78, 5) is 18.2. The van der Waals surface area contributed by atoms with Crippen molar-refractivity contribution in [1.82, 2.24) is 10.4 Å². The second kappa shape index (κ2) is 8.97. The van der Waals surface area contributed by atoms with Crippen molar-refractivity contribution in [2.24, 2.45) is 5.10 Å². The number of aryl methyl sites for hydroxylation is 2. The summed E-state index contributed by atoms with van der Waals surface area (Å²) in [7, 11) is 0. The first-order valence-corrected chi connectivity index (χ1v) is 10.6. The number of benzene rings is 2. The van der Waals surface area contributed by atoms with E-state index in [0.29, 0.717) is 17.2 Å². The molecule has 0 saturated heterocycles. The normalized spacial score (nSPS) is 11.2. The van der Waals surface area contributed by atoms with Crippen molar-refractivity contribution in [1.29, 1.82) is 0 Å². The van der Waals surface area contributed by atoms with E-state index in [9.17, 15) is 4.79 Å². The van der Waals surface area contributed by atoms with E-state index in [1.807, 2.05) is 74.5 Å². The van der Waals surface area contributed by atoms with Crippen molar-refractivity contribution in [3.8, 4) is 5.75 Å². The van der Waals surface area contributed by atoms with Crippen molar-refractivity contribution < 1.29 is 9.53 Å². The number of carbonyl (C=O) groups is 1. The maximum absolute atomic E-state index is 12.6. The maximum atomic E-state index is 12.6. The van der Waals surface area contributed by atoms with Crippen LogP contribution in [0.4, 0.5) is 5.69 Å². The van der Waals surface area contributed by atoms with Gasteiger partial charge in [-0.15, -0.1) is 11.3 Å². The fraction of sp³-hybridized carbons (Fsp3) is 0.125. The average Bonchev–Trinajstić information content (AvgIpc) is 3.10. The molecule has 0 fully saturated rings. The highest BCUT2D eigenvalue weighted by atomic mass is 32.1. The molecule has 31 heavy (non-hydrogen) atoms. The van der Waals surface area contributed by atoms with Gasteiger partial charge in [0.05, 0.1) is 11.9 Å². The number of anilines is 1. The number of rotatable bonds is 6. The number of ether oxygens (including phenoxy) is 1. The Balaban J connectivity index is 1.38. The van der Waals surface area contributed by atoms with Crippen LogP contribution in [-0.2, 0) is 6.61 Å². The summed E-state index contributed by atoms with van der Waals surface area (Å²) in [6.45, 7) is 4.40. The number of pyridine rings is 1. The highest BCUT2D eigenvalue weighted by Crippen LogP contribution is 2.34. The number of amides is 1. The number of fused-ring (bicyclic) bond motifs is 1. The number of carbonyl (C=O) groups excluding carboxylic acids is 1. The van der Waals surface area contributed by atoms with Crippen LogP contribution < -0.4 is 15.9 Å². The number of aromatic nitrogens is 1. The van der Waals surface area contributed by atoms with Crippen LogP contribution in [0, 0.1) is 13.8 Å². The zero-order valence-corrected chi connectivity index (χ0v) is 18.1. The number of nitrogens with one attached hydrogen (secondary N) is 1. The molecule has 7 heteroatoms. The SMILES string of the molecule is Cc1cc(C)c2c(N)c(C(=O)NN=Cc3ccc(OCc4ccccc4)cc3)sc2n1. The second-order valence-electron chi connectivity index (χ2n) is 7.15. The number of hydrogen-bond donors (Lipinski definition) is 2. The molecule has 0 aliphatic rings. The molecule has 0 aliphatic carbocycles. The van der Waals surface area contributed by atoms with Crippen LogP contribution >= 0.6 is 11.3 Å². The van der Waals surface area contributed by atoms with Gasteiger partial charge in [0, 0.05) is 11.1 Å². The van der Waals surface area contributed by atoms with Crippen molar-refractivity contribution in [2.45, 2.75) is 20.5 Å². The van der Waals surface area contributed by atoms with Crippen molar-refractivity contribution in [3.63, 3.8) is 0 Å². The fourth-order valence-corrected chi connectivity index (χ4v) is 4.35. The largest absolute Gasteiger partial charge is 0.489 e. The van der Waals surface area contributed by atoms with Crippen LogP contribution in [0.15, 0.2) is 65.8 Å². The van der Waals surface area contributed by atoms with Crippen molar-refractivity contribution in [2.75, 3.05) is 5.73 Å². The highest BCUT2D eigenvalue weighted by molar-refractivity contribution is 7.21. The quantitative estimate of drug-likeness (QED) is 0.338. The molecule has 0 bridgehead atoms. The Morgan fingerprint density at radius 1 is 1.16 bits per heavy atom. The summed E-state index contributed by atoms with van der Waals surface area (Å²) < 4.78 is 5.77. The minimum atomic E-state index is -0.350. The molecule has 0 aliphatic heterocycles. The number of nitrogen functional groups attached to an aromatic ring is 1. The Bertz CT molecular complexity index is 1250. The maximum Gasteiger partial charge on any atom is 0.283 e. The van der Waals surface area contributed by atoms with Crippen LogP contribution in [0.2, 0.25) is 0 Å². The molecule has 0 unspecified atom stereocenters. The molecule has 2 aromatic carbocycles. The lowest BCUT2D eigenvalue weighted by Gasteiger charge is -2.06. The van der Waals surface area contributed by atoms with Crippen molar-refractivity contribution >= 4 is 39.4 Å². The Labute approximate surface area is 184 Å². The predicted molar refractivity (Wildman–Crippen MR) is 126 cm³/mol. The first kappa shape index (κ1) is 20.6. The van der Waals surface area contributed by atoms with Crippen LogP contribution in [0.3, 0.4) is 0 Å². The molecule has 1 amide bonds. The Hall–Kier alpha value is -3.71. The Kier molecular flexibility index (Phi) is 5.95. The van der Waals surface area contributed by atoms with E-state index < -0.39 is 0 Å². The Morgan fingerprint density at radius 2 is 1.90 bits per heavy atom. The van der Waals surface area contributed by atoms with Crippen LogP contribution in [0.5, 0.6) is 5.75 Å². The molecule has 4 aromatic rings. The third-order valence-corrected chi connectivity index (χ3v) is 5.84. The summed E-state index contributed by atoms with van der Waals surface area (Å²) in [6, 6.07) is 19.4. The molecule has 0 radical (unpaired) electrons. The number of thiophene rings is 1. The summed E-state index contributed by atoms with van der Waals surface area (Å²) >= 11 is 1.27. The van der Waals surface area contributed by atoms with E-state index in [4.69, 9.17) is 10.5 Å². The van der Waals surface area contributed by atoms with Gasteiger partial charge in [0.1, 0.15) is 22.1 Å². The number of nitrogens with two attached hydrogens (primary N) is 1. The summed E-state index contributed by atoms with van der Waals surface area (Å²) in [6.07, 6.45) is 1.58. The van der Waals surface area contributed by atoms with Gasteiger partial charge in [0.25, 0.3) is 5.91 Å². The molecule has 6 nitrogen and oxygen atoms in total. The van der Waals surface area contributed by atoms with Gasteiger partial charge in [-0.2, -0.15) is 5.10 Å². The molecule has 2 aromatic heterocycles. The lowest BCUT2D eigenvalue weighted by Crippen LogP contribution is -2.17. The van der Waals surface area contributed by atoms with E-state index in [-0.39, 0.29) is 5.91 Å². The van der Waals surface area contributed by atoms with E-state index >= 15 is 0 Å². The van der Waals surface area contributed by atoms with Crippen LogP contribution in [0.1, 0.15) is 32.1 Å². The van der Waals surface area contributed by atoms with Gasteiger partial charge in [-0.3, -0.25) is 4.79 Å². The molecular formula is C24H22N4O2S. The number of nitrogens with zero attached hydrogens (tertiary/aromatic N) is 2. The minimum absolute atomic E-state index is 0.350. The van der Waals surface area contributed by atoms with Gasteiger partial charge in [-0.25, -0.2) is 10.4 Å². The minimum Gasteiger partial charge on any atom is -0.489 e. The lowest BCUT2D eigenvalue weighted by molar-refractivity contribution is 0.0960. The van der Waals surface area contributed by atoms with Gasteiger partial charge in [0.15, 0.2) is 0 Å². The van der Waals surface area contributed by atoms with Gasteiger partial charge >= 0.3 is 0 Å². The molecule has 3 N–H and O–H groups in total. The first-order valence-electron chi connectivity index (χ1n) is 9.77. The molecular weight excluding hydrogens is 408 g/mol. The third-order valence-electron chi connectivity index (χ3n) is 4.74. The summed E-state index contributed by atoms with van der Waals surface area (Å²) in [5, 5.41) is 4.89. The zero-order valence-electron chi connectivity index (χ0n) is 17.3. The smallest absolute Gasteiger partial charge is 0.283 e. The monoisotopic (exact) mass is 430 g/mol. The first-order chi connectivity index (χ1) is 15.0. The van der Waals surface area contributed by atoms with Crippen molar-refractivity contribution in [3.05, 3.63) is 87.9 Å². The van der Waals surface area contributed by atoms with E-state index in [1.54, 1.807) is 6.21 Å². The zero-order chi connectivity index (χ0) is 21.8. The molecule has 4 rings (SSSR count). The van der Waals surface area contributed by atoms with Gasteiger partial charge in [-0.1, -0.05) is 30.3 Å². The lowest BCUT2D eigenvalue weighted by atomic mass is 10.1. The summed E-state index contributed by atoms with van der Waals surface area (Å²) in [5.74, 6) is 0.415. The molecule has 0 spiro atoms. The van der Waals surface area contributed by atoms with Crippen LogP contribution in [0.25, 0.3) is 10.2 Å². The van der Waals surface area contributed by atoms with Gasteiger partial charge in [-0.05, 0) is 60.9 Å². The van der Waals surface area contributed by atoms with Crippen LogP contribution in [-0.4, -0.2) is 17.1 Å². The third kappa shape index (κ3) is 4.73. The van der Waals surface area contributed by atoms with E-state index in [2.05, 4.69) is 15.5 Å². The average molecular weight is 431 g/mol. The number of hydrogen-bond acceptors (Lipinski definition) is 6. The molecule has 156 valence electrons. The van der Waals surface area contributed by atoms with Gasteiger partial charge in [0.2, 0.25) is 0 Å². The van der Waals surface area contributed by atoms with E-state index in [1.165, 1.54) is 11.3 Å². The molecule has 0 atom stereocenters. The standard InChI is InChI=1S/C24H22N4O2S/c1-15-12-16(2)27-24-20(15)21(25)22(31-24)23(29)28-26-13-17-8-10-19(11-9-17)30-14-18-6-4-3-5-7-18/h3-13H,14,25H2,1-2H3,(H,28,29). The number of hydrazone groups is 1. The fourth-order valence-electron chi connectivity index (χ4n) is 3.25. The van der Waals surface area contributed by atoms with Gasteiger partial charge < -0.3 is 10.5 Å². The predicted octanol–water partition coefficient (Wildman–Crippen LogP) is 4.84. The molecule has 0 saturated carbocycles. The topological polar surface area (TPSA) is 89.6 Å². The molecule has 2 heterocycles.